The molecule has 16 heavy (non-hydrogen) atoms. The predicted molar refractivity (Wildman–Crippen MR) is 62.6 cm³/mol. The van der Waals surface area contributed by atoms with Gasteiger partial charge in [0.05, 0.1) is 5.69 Å². The third-order valence-electron chi connectivity index (χ3n) is 2.73. The number of hydrogen-bond donors (Lipinski definition) is 1. The number of rotatable bonds is 6. The Hall–Kier alpha value is -1.32. The summed E-state index contributed by atoms with van der Waals surface area (Å²) in [6, 6.07) is 1.49. The van der Waals surface area contributed by atoms with E-state index in [0.717, 1.165) is 30.7 Å². The average Bonchev–Trinajstić information content (AvgIpc) is 2.68. The van der Waals surface area contributed by atoms with E-state index in [1.165, 1.54) is 0 Å². The van der Waals surface area contributed by atoms with Crippen LogP contribution in [0, 0.1) is 0 Å². The lowest BCUT2D eigenvalue weighted by molar-refractivity contribution is -0.141. The molecule has 1 aromatic rings. The third kappa shape index (κ3) is 2.62. The molecule has 1 atom stereocenters. The van der Waals surface area contributed by atoms with E-state index in [2.05, 4.69) is 5.10 Å². The summed E-state index contributed by atoms with van der Waals surface area (Å²) < 4.78 is 1.69. The standard InChI is InChI=1S/C12H20N2O2/c1-4-7-11(12(15)16)14-10(6-3)8-9(5-2)13-14/h8,11H,4-7H2,1-3H3,(H,15,16). The number of nitrogens with zero attached hydrogens (tertiary/aromatic N) is 2. The zero-order valence-electron chi connectivity index (χ0n) is 10.2. The van der Waals surface area contributed by atoms with Gasteiger partial charge in [0.25, 0.3) is 0 Å². The molecule has 1 heterocycles. The monoisotopic (exact) mass is 224 g/mol. The fourth-order valence-electron chi connectivity index (χ4n) is 1.82. The fraction of sp³-hybridized carbons (Fsp3) is 0.667. The number of aliphatic carboxylic acids is 1. The molecule has 1 N–H and O–H groups in total. The van der Waals surface area contributed by atoms with Crippen molar-refractivity contribution in [1.82, 2.24) is 9.78 Å². The van der Waals surface area contributed by atoms with Gasteiger partial charge >= 0.3 is 5.97 Å². The van der Waals surface area contributed by atoms with Gasteiger partial charge in [-0.15, -0.1) is 0 Å². The molecule has 1 aromatic heterocycles. The number of carboxylic acid groups (broad SMARTS) is 1. The van der Waals surface area contributed by atoms with Crippen molar-refractivity contribution in [2.24, 2.45) is 0 Å². The summed E-state index contributed by atoms with van der Waals surface area (Å²) in [7, 11) is 0. The van der Waals surface area contributed by atoms with E-state index in [1.54, 1.807) is 4.68 Å². The summed E-state index contributed by atoms with van der Waals surface area (Å²) in [6.07, 6.45) is 3.15. The van der Waals surface area contributed by atoms with Crippen LogP contribution in [0.2, 0.25) is 0 Å². The highest BCUT2D eigenvalue weighted by atomic mass is 16.4. The van der Waals surface area contributed by atoms with Gasteiger partial charge < -0.3 is 5.11 Å². The van der Waals surface area contributed by atoms with E-state index >= 15 is 0 Å². The minimum Gasteiger partial charge on any atom is -0.480 e. The Bertz CT molecular complexity index is 358. The van der Waals surface area contributed by atoms with Crippen LogP contribution >= 0.6 is 0 Å². The van der Waals surface area contributed by atoms with Gasteiger partial charge in [-0.05, 0) is 25.3 Å². The van der Waals surface area contributed by atoms with Crippen molar-refractivity contribution in [2.75, 3.05) is 0 Å². The van der Waals surface area contributed by atoms with Crippen LogP contribution in [0.1, 0.15) is 51.0 Å². The number of carboxylic acids is 1. The normalized spacial score (nSPS) is 12.7. The van der Waals surface area contributed by atoms with E-state index in [0.29, 0.717) is 6.42 Å². The molecule has 0 amide bonds. The summed E-state index contributed by atoms with van der Waals surface area (Å²) in [6.45, 7) is 6.05. The number of carbonyl (C=O) groups is 1. The van der Waals surface area contributed by atoms with Gasteiger partial charge in [-0.1, -0.05) is 27.2 Å². The second-order valence-corrected chi connectivity index (χ2v) is 3.92. The Balaban J connectivity index is 3.06. The Labute approximate surface area is 96.3 Å². The first kappa shape index (κ1) is 12.7. The molecule has 4 heteroatoms. The fourth-order valence-corrected chi connectivity index (χ4v) is 1.82. The van der Waals surface area contributed by atoms with Crippen LogP contribution in [0.4, 0.5) is 0 Å². The molecule has 1 rings (SSSR count). The van der Waals surface area contributed by atoms with Gasteiger partial charge in [0, 0.05) is 5.69 Å². The van der Waals surface area contributed by atoms with Gasteiger partial charge in [-0.25, -0.2) is 4.79 Å². The molecule has 0 aliphatic carbocycles. The van der Waals surface area contributed by atoms with Crippen molar-refractivity contribution in [2.45, 2.75) is 52.5 Å². The molecule has 0 bridgehead atoms. The van der Waals surface area contributed by atoms with Crippen LogP contribution in [0.5, 0.6) is 0 Å². The van der Waals surface area contributed by atoms with Gasteiger partial charge in [0.1, 0.15) is 6.04 Å². The minimum atomic E-state index is -0.790. The Morgan fingerprint density at radius 1 is 1.44 bits per heavy atom. The topological polar surface area (TPSA) is 55.1 Å². The van der Waals surface area contributed by atoms with Crippen LogP contribution in [0.25, 0.3) is 0 Å². The molecule has 0 aliphatic rings. The molecule has 0 aliphatic heterocycles. The molecule has 0 saturated heterocycles. The molecular formula is C12H20N2O2. The van der Waals surface area contributed by atoms with E-state index in [4.69, 9.17) is 0 Å². The van der Waals surface area contributed by atoms with E-state index in [9.17, 15) is 9.90 Å². The zero-order chi connectivity index (χ0) is 12.1. The van der Waals surface area contributed by atoms with Crippen LogP contribution < -0.4 is 0 Å². The van der Waals surface area contributed by atoms with Crippen molar-refractivity contribution in [3.8, 4) is 0 Å². The lowest BCUT2D eigenvalue weighted by Gasteiger charge is -2.14. The van der Waals surface area contributed by atoms with E-state index in [-0.39, 0.29) is 0 Å². The van der Waals surface area contributed by atoms with Crippen LogP contribution in [0.3, 0.4) is 0 Å². The van der Waals surface area contributed by atoms with Crippen molar-refractivity contribution in [3.05, 3.63) is 17.5 Å². The maximum absolute atomic E-state index is 11.2. The first-order chi connectivity index (χ1) is 7.63. The highest BCUT2D eigenvalue weighted by Gasteiger charge is 2.22. The maximum Gasteiger partial charge on any atom is 0.328 e. The van der Waals surface area contributed by atoms with Gasteiger partial charge in [-0.3, -0.25) is 4.68 Å². The molecular weight excluding hydrogens is 204 g/mol. The first-order valence-corrected chi connectivity index (χ1v) is 5.94. The highest BCUT2D eigenvalue weighted by molar-refractivity contribution is 5.71. The van der Waals surface area contributed by atoms with Gasteiger partial charge in [-0.2, -0.15) is 5.10 Å². The molecule has 90 valence electrons. The summed E-state index contributed by atoms with van der Waals surface area (Å²) in [5.41, 5.74) is 1.98. The summed E-state index contributed by atoms with van der Waals surface area (Å²) in [4.78, 5) is 11.2. The molecule has 0 saturated carbocycles. The quantitative estimate of drug-likeness (QED) is 0.807. The average molecular weight is 224 g/mol. The lowest BCUT2D eigenvalue weighted by Crippen LogP contribution is -2.22. The number of hydrogen-bond acceptors (Lipinski definition) is 2. The van der Waals surface area contributed by atoms with E-state index < -0.39 is 12.0 Å². The molecule has 0 spiro atoms. The smallest absolute Gasteiger partial charge is 0.328 e. The van der Waals surface area contributed by atoms with E-state index in [1.807, 2.05) is 26.8 Å². The maximum atomic E-state index is 11.2. The van der Waals surface area contributed by atoms with Crippen molar-refractivity contribution < 1.29 is 9.90 Å². The zero-order valence-corrected chi connectivity index (χ0v) is 10.2. The highest BCUT2D eigenvalue weighted by Crippen LogP contribution is 2.18. The van der Waals surface area contributed by atoms with Crippen molar-refractivity contribution in [3.63, 3.8) is 0 Å². The second-order valence-electron chi connectivity index (χ2n) is 3.92. The summed E-state index contributed by atoms with van der Waals surface area (Å²) in [5.74, 6) is -0.790. The Morgan fingerprint density at radius 2 is 2.12 bits per heavy atom. The van der Waals surface area contributed by atoms with Crippen LogP contribution in [-0.2, 0) is 17.6 Å². The van der Waals surface area contributed by atoms with Crippen LogP contribution in [-0.4, -0.2) is 20.9 Å². The van der Waals surface area contributed by atoms with Crippen molar-refractivity contribution >= 4 is 5.97 Å². The Morgan fingerprint density at radius 3 is 2.56 bits per heavy atom. The first-order valence-electron chi connectivity index (χ1n) is 5.94. The van der Waals surface area contributed by atoms with Crippen molar-refractivity contribution in [1.29, 1.82) is 0 Å². The second kappa shape index (κ2) is 5.68. The molecule has 1 unspecified atom stereocenters. The molecule has 0 aromatic carbocycles. The molecule has 0 radical (unpaired) electrons. The lowest BCUT2D eigenvalue weighted by atomic mass is 10.1. The molecule has 0 fully saturated rings. The summed E-state index contributed by atoms with van der Waals surface area (Å²) in [5, 5.41) is 13.6. The minimum absolute atomic E-state index is 0.514. The third-order valence-corrected chi connectivity index (χ3v) is 2.73. The van der Waals surface area contributed by atoms with Gasteiger partial charge in [0.15, 0.2) is 0 Å². The number of aryl methyl sites for hydroxylation is 2. The predicted octanol–water partition coefficient (Wildman–Crippen LogP) is 2.43. The number of aromatic nitrogens is 2. The largest absolute Gasteiger partial charge is 0.480 e. The molecule has 4 nitrogen and oxygen atoms in total. The van der Waals surface area contributed by atoms with Crippen LogP contribution in [0.15, 0.2) is 6.07 Å². The Kier molecular flexibility index (Phi) is 4.52. The summed E-state index contributed by atoms with van der Waals surface area (Å²) >= 11 is 0. The SMILES string of the molecule is CCCC(C(=O)O)n1nc(CC)cc1CC. The van der Waals surface area contributed by atoms with Gasteiger partial charge in [0.2, 0.25) is 0 Å².